The van der Waals surface area contributed by atoms with Crippen molar-refractivity contribution in [2.45, 2.75) is 32.6 Å². The SMILES string of the molecule is CC[C@@H](CO)CCCCN1CCSCC1. The van der Waals surface area contributed by atoms with Crippen molar-refractivity contribution < 1.29 is 5.11 Å². The van der Waals surface area contributed by atoms with Gasteiger partial charge >= 0.3 is 0 Å². The summed E-state index contributed by atoms with van der Waals surface area (Å²) >= 11 is 2.08. The lowest BCUT2D eigenvalue weighted by Crippen LogP contribution is -2.33. The van der Waals surface area contributed by atoms with Crippen LogP contribution in [0.4, 0.5) is 0 Å². The van der Waals surface area contributed by atoms with E-state index in [4.69, 9.17) is 5.11 Å². The van der Waals surface area contributed by atoms with E-state index in [1.165, 1.54) is 50.4 Å². The van der Waals surface area contributed by atoms with E-state index >= 15 is 0 Å². The third-order valence-corrected chi connectivity index (χ3v) is 4.22. The largest absolute Gasteiger partial charge is 0.396 e. The van der Waals surface area contributed by atoms with Gasteiger partial charge in [0.2, 0.25) is 0 Å². The highest BCUT2D eigenvalue weighted by Crippen LogP contribution is 2.13. The van der Waals surface area contributed by atoms with E-state index in [1.54, 1.807) is 0 Å². The van der Waals surface area contributed by atoms with Crippen molar-refractivity contribution >= 4 is 11.8 Å². The molecule has 0 bridgehead atoms. The first-order valence-corrected chi connectivity index (χ1v) is 7.43. The minimum Gasteiger partial charge on any atom is -0.396 e. The number of thioether (sulfide) groups is 1. The molecule has 0 aromatic rings. The highest BCUT2D eigenvalue weighted by atomic mass is 32.2. The lowest BCUT2D eigenvalue weighted by atomic mass is 10.0. The van der Waals surface area contributed by atoms with Crippen LogP contribution in [0.2, 0.25) is 0 Å². The molecule has 2 nitrogen and oxygen atoms in total. The minimum atomic E-state index is 0.372. The van der Waals surface area contributed by atoms with Gasteiger partial charge in [-0.2, -0.15) is 11.8 Å². The molecule has 0 aromatic heterocycles. The van der Waals surface area contributed by atoms with E-state index in [1.807, 2.05) is 0 Å². The van der Waals surface area contributed by atoms with Crippen LogP contribution in [0.5, 0.6) is 0 Å². The third kappa shape index (κ3) is 5.79. The predicted octanol–water partition coefficient (Wildman–Crippen LogP) is 2.22. The Kier molecular flexibility index (Phi) is 7.49. The normalized spacial score (nSPS) is 20.4. The predicted molar refractivity (Wildman–Crippen MR) is 68.5 cm³/mol. The molecule has 1 fully saturated rings. The Bertz CT molecular complexity index is 145. The van der Waals surface area contributed by atoms with Crippen molar-refractivity contribution in [1.29, 1.82) is 0 Å². The Balaban J connectivity index is 1.95. The molecular weight excluding hydrogens is 206 g/mol. The summed E-state index contributed by atoms with van der Waals surface area (Å²) in [6.45, 7) is 6.37. The maximum Gasteiger partial charge on any atom is 0.0459 e. The van der Waals surface area contributed by atoms with Gasteiger partial charge in [-0.25, -0.2) is 0 Å². The zero-order valence-corrected chi connectivity index (χ0v) is 10.8. The number of aliphatic hydroxyl groups is 1. The van der Waals surface area contributed by atoms with Gasteiger partial charge in [-0.05, 0) is 25.3 Å². The standard InChI is InChI=1S/C12H25NOS/c1-2-12(11-14)5-3-4-6-13-7-9-15-10-8-13/h12,14H,2-11H2,1H3/t12-/m1/s1. The molecule has 1 rings (SSSR count). The molecule has 1 aliphatic rings. The second-order valence-corrected chi connectivity index (χ2v) is 5.63. The van der Waals surface area contributed by atoms with E-state index in [-0.39, 0.29) is 0 Å². The monoisotopic (exact) mass is 231 g/mol. The number of unbranched alkanes of at least 4 members (excludes halogenated alkanes) is 1. The van der Waals surface area contributed by atoms with Gasteiger partial charge in [-0.1, -0.05) is 19.8 Å². The molecule has 3 heteroatoms. The lowest BCUT2D eigenvalue weighted by molar-refractivity contribution is 0.208. The number of hydrogen-bond donors (Lipinski definition) is 1. The Morgan fingerprint density at radius 2 is 2.00 bits per heavy atom. The summed E-state index contributed by atoms with van der Waals surface area (Å²) < 4.78 is 0. The van der Waals surface area contributed by atoms with Crippen LogP contribution >= 0.6 is 11.8 Å². The molecule has 1 atom stereocenters. The van der Waals surface area contributed by atoms with Crippen LogP contribution in [0.1, 0.15) is 32.6 Å². The molecule has 1 aliphatic heterocycles. The summed E-state index contributed by atoms with van der Waals surface area (Å²) in [4.78, 5) is 2.58. The van der Waals surface area contributed by atoms with Crippen molar-refractivity contribution in [3.63, 3.8) is 0 Å². The van der Waals surface area contributed by atoms with Gasteiger partial charge in [0.25, 0.3) is 0 Å². The first-order valence-electron chi connectivity index (χ1n) is 6.27. The first kappa shape index (κ1) is 13.3. The fourth-order valence-corrected chi connectivity index (χ4v) is 3.00. The fraction of sp³-hybridized carbons (Fsp3) is 1.00. The second-order valence-electron chi connectivity index (χ2n) is 4.41. The summed E-state index contributed by atoms with van der Waals surface area (Å²) in [5.41, 5.74) is 0. The molecule has 0 aromatic carbocycles. The Hall–Kier alpha value is 0.270. The molecule has 90 valence electrons. The summed E-state index contributed by atoms with van der Waals surface area (Å²) in [5.74, 6) is 3.17. The molecule has 0 aliphatic carbocycles. The van der Waals surface area contributed by atoms with Crippen molar-refractivity contribution in [2.75, 3.05) is 37.7 Å². The molecule has 1 N–H and O–H groups in total. The summed E-state index contributed by atoms with van der Waals surface area (Å²) in [6.07, 6.45) is 4.91. The maximum atomic E-state index is 9.06. The van der Waals surface area contributed by atoms with Crippen molar-refractivity contribution in [1.82, 2.24) is 4.90 Å². The fourth-order valence-electron chi connectivity index (χ4n) is 2.02. The molecule has 1 saturated heterocycles. The topological polar surface area (TPSA) is 23.5 Å². The summed E-state index contributed by atoms with van der Waals surface area (Å²) in [6, 6.07) is 0. The zero-order valence-electron chi connectivity index (χ0n) is 9.95. The van der Waals surface area contributed by atoms with Crippen LogP contribution in [0.3, 0.4) is 0 Å². The van der Waals surface area contributed by atoms with E-state index in [0.29, 0.717) is 12.5 Å². The number of nitrogens with zero attached hydrogens (tertiary/aromatic N) is 1. The number of hydrogen-bond acceptors (Lipinski definition) is 3. The zero-order chi connectivity index (χ0) is 10.9. The van der Waals surface area contributed by atoms with Gasteiger partial charge in [-0.3, -0.25) is 0 Å². The Labute approximate surface area is 98.4 Å². The van der Waals surface area contributed by atoms with Gasteiger partial charge in [-0.15, -0.1) is 0 Å². The number of rotatable bonds is 7. The van der Waals surface area contributed by atoms with E-state index in [0.717, 1.165) is 6.42 Å². The van der Waals surface area contributed by atoms with Crippen molar-refractivity contribution in [3.8, 4) is 0 Å². The smallest absolute Gasteiger partial charge is 0.0459 e. The molecule has 0 spiro atoms. The third-order valence-electron chi connectivity index (χ3n) is 3.28. The van der Waals surface area contributed by atoms with E-state index in [2.05, 4.69) is 23.6 Å². The first-order chi connectivity index (χ1) is 7.36. The average Bonchev–Trinajstić information content (AvgIpc) is 2.31. The van der Waals surface area contributed by atoms with Gasteiger partial charge in [0, 0.05) is 31.2 Å². The van der Waals surface area contributed by atoms with Gasteiger partial charge in [0.1, 0.15) is 0 Å². The van der Waals surface area contributed by atoms with E-state index < -0.39 is 0 Å². The van der Waals surface area contributed by atoms with Crippen LogP contribution in [0.25, 0.3) is 0 Å². The van der Waals surface area contributed by atoms with Crippen molar-refractivity contribution in [3.05, 3.63) is 0 Å². The highest BCUT2D eigenvalue weighted by Gasteiger charge is 2.10. The van der Waals surface area contributed by atoms with Gasteiger partial charge < -0.3 is 10.0 Å². The van der Waals surface area contributed by atoms with Crippen LogP contribution in [-0.2, 0) is 0 Å². The molecular formula is C12H25NOS. The summed E-state index contributed by atoms with van der Waals surface area (Å²) in [5, 5.41) is 9.06. The van der Waals surface area contributed by atoms with Crippen molar-refractivity contribution in [2.24, 2.45) is 5.92 Å². The molecule has 15 heavy (non-hydrogen) atoms. The van der Waals surface area contributed by atoms with Crippen LogP contribution in [-0.4, -0.2) is 47.8 Å². The molecule has 0 radical (unpaired) electrons. The molecule has 0 saturated carbocycles. The van der Waals surface area contributed by atoms with Gasteiger partial charge in [0.15, 0.2) is 0 Å². The average molecular weight is 231 g/mol. The Morgan fingerprint density at radius 1 is 1.27 bits per heavy atom. The van der Waals surface area contributed by atoms with Crippen LogP contribution < -0.4 is 0 Å². The summed E-state index contributed by atoms with van der Waals surface area (Å²) in [7, 11) is 0. The maximum absolute atomic E-state index is 9.06. The lowest BCUT2D eigenvalue weighted by Gasteiger charge is -2.26. The molecule has 1 heterocycles. The molecule has 0 unspecified atom stereocenters. The Morgan fingerprint density at radius 3 is 2.60 bits per heavy atom. The van der Waals surface area contributed by atoms with E-state index in [9.17, 15) is 0 Å². The van der Waals surface area contributed by atoms with Crippen LogP contribution in [0, 0.1) is 5.92 Å². The number of aliphatic hydroxyl groups excluding tert-OH is 1. The van der Waals surface area contributed by atoms with Crippen LogP contribution in [0.15, 0.2) is 0 Å². The van der Waals surface area contributed by atoms with Gasteiger partial charge in [0.05, 0.1) is 0 Å². The minimum absolute atomic E-state index is 0.372. The highest BCUT2D eigenvalue weighted by molar-refractivity contribution is 7.99. The quantitative estimate of drug-likeness (QED) is 0.680. The second kappa shape index (κ2) is 8.43. The molecule has 0 amide bonds.